The Bertz CT molecular complexity index is 2090. The number of aromatic nitrogens is 4. The summed E-state index contributed by atoms with van der Waals surface area (Å²) in [4.78, 5) is 75.1. The van der Waals surface area contributed by atoms with E-state index in [1.807, 2.05) is 6.07 Å². The molecule has 2 aromatic carbocycles. The van der Waals surface area contributed by atoms with Crippen molar-refractivity contribution in [3.63, 3.8) is 0 Å². The number of β-lactam (4-membered cyclic amide) rings is 2. The third-order valence-electron chi connectivity index (χ3n) is 8.73. The smallest absolute Gasteiger partial charge is 0.353 e. The Morgan fingerprint density at radius 3 is 1.95 bits per heavy atom. The Morgan fingerprint density at radius 1 is 0.873 bits per heavy atom. The second kappa shape index (κ2) is 16.8. The number of hydrogen-bond acceptors (Lipinski definition) is 14. The SMILES string of the molecule is Cn1nnnc1SCC1=C(C(=O)O)N2C(=O)[C@@H](NC(=O)[C@H](O)c3ccccc3)[C@H]2SC1.N[C@@H](C(=O)N[C@@H]1C(=O)N2C(C(=O)O)=C(Cl)CS[C@H]12)c1ccccc1. The molecule has 5 heterocycles. The normalized spacial score (nSPS) is 22.5. The van der Waals surface area contributed by atoms with Gasteiger partial charge in [0.25, 0.3) is 17.7 Å². The highest BCUT2D eigenvalue weighted by atomic mass is 35.5. The number of halogens is 1. The van der Waals surface area contributed by atoms with E-state index in [4.69, 9.17) is 17.3 Å². The van der Waals surface area contributed by atoms with Crippen molar-refractivity contribution in [2.24, 2.45) is 12.8 Å². The molecule has 0 radical (unpaired) electrons. The highest BCUT2D eigenvalue weighted by Gasteiger charge is 2.55. The van der Waals surface area contributed by atoms with E-state index in [0.717, 1.165) is 4.90 Å². The number of aryl methyl sites for hydroxylation is 1. The molecule has 6 atom stereocenters. The highest BCUT2D eigenvalue weighted by molar-refractivity contribution is 8.01. The van der Waals surface area contributed by atoms with Gasteiger partial charge in [0.05, 0.1) is 5.03 Å². The average Bonchev–Trinajstić information content (AvgIpc) is 3.61. The number of benzene rings is 2. The Kier molecular flexibility index (Phi) is 12.2. The fraction of sp³-hybridized carbons (Fsp3) is 0.303. The number of hydrogen-bond donors (Lipinski definition) is 6. The van der Waals surface area contributed by atoms with Crippen LogP contribution in [0.4, 0.5) is 0 Å². The molecule has 2 saturated heterocycles. The summed E-state index contributed by atoms with van der Waals surface area (Å²) in [5.41, 5.74) is 7.22. The molecule has 4 aliphatic heterocycles. The molecule has 0 bridgehead atoms. The van der Waals surface area contributed by atoms with Gasteiger partial charge in [0, 0.05) is 24.3 Å². The van der Waals surface area contributed by atoms with E-state index >= 15 is 0 Å². The molecule has 2 fully saturated rings. The number of thioether (sulfide) groups is 3. The molecule has 4 amide bonds. The third-order valence-corrected chi connectivity index (χ3v) is 12.9. The van der Waals surface area contributed by atoms with Crippen LogP contribution in [0.15, 0.2) is 87.8 Å². The van der Waals surface area contributed by atoms with E-state index in [2.05, 4.69) is 26.2 Å². The molecule has 288 valence electrons. The van der Waals surface area contributed by atoms with Crippen molar-refractivity contribution in [1.29, 1.82) is 0 Å². The van der Waals surface area contributed by atoms with Gasteiger partial charge in [0.2, 0.25) is 11.1 Å². The molecule has 7 N–H and O–H groups in total. The largest absolute Gasteiger partial charge is 0.477 e. The fourth-order valence-electron chi connectivity index (χ4n) is 5.95. The van der Waals surface area contributed by atoms with Crippen LogP contribution in [-0.2, 0) is 35.8 Å². The van der Waals surface area contributed by atoms with Gasteiger partial charge in [-0.1, -0.05) is 84.0 Å². The molecule has 0 unspecified atom stereocenters. The van der Waals surface area contributed by atoms with Crippen LogP contribution in [0.3, 0.4) is 0 Å². The van der Waals surface area contributed by atoms with Gasteiger partial charge in [-0.3, -0.25) is 29.0 Å². The number of nitrogens with zero attached hydrogens (tertiary/aromatic N) is 6. The van der Waals surface area contributed by atoms with E-state index in [9.17, 15) is 44.1 Å². The number of amides is 4. The minimum Gasteiger partial charge on any atom is -0.477 e. The van der Waals surface area contributed by atoms with Crippen molar-refractivity contribution in [2.75, 3.05) is 17.3 Å². The predicted octanol–water partition coefficient (Wildman–Crippen LogP) is 0.396. The number of carbonyl (C=O) groups is 6. The van der Waals surface area contributed by atoms with Crippen molar-refractivity contribution in [3.05, 3.63) is 93.8 Å². The topological polar surface area (TPSA) is 263 Å². The number of rotatable bonds is 11. The van der Waals surface area contributed by atoms with Crippen LogP contribution in [0, 0.1) is 0 Å². The van der Waals surface area contributed by atoms with E-state index < -0.39 is 70.5 Å². The van der Waals surface area contributed by atoms with Crippen LogP contribution >= 0.6 is 46.9 Å². The molecule has 1 aromatic heterocycles. The van der Waals surface area contributed by atoms with Crippen LogP contribution in [-0.4, -0.2) is 121 Å². The first-order valence-corrected chi connectivity index (χ1v) is 19.7. The lowest BCUT2D eigenvalue weighted by atomic mass is 10.0. The number of nitrogens with one attached hydrogen (secondary N) is 2. The maximum absolute atomic E-state index is 12.7. The summed E-state index contributed by atoms with van der Waals surface area (Å²) in [6, 6.07) is 14.5. The summed E-state index contributed by atoms with van der Waals surface area (Å²) in [5, 5.41) is 45.0. The van der Waals surface area contributed by atoms with E-state index in [1.54, 1.807) is 61.6 Å². The molecule has 4 aliphatic rings. The zero-order valence-corrected chi connectivity index (χ0v) is 31.7. The number of carboxylic acids is 2. The first kappa shape index (κ1) is 39.8. The zero-order chi connectivity index (χ0) is 39.6. The number of nitrogens with two attached hydrogens (primary N) is 1. The summed E-state index contributed by atoms with van der Waals surface area (Å²) >= 11 is 9.83. The van der Waals surface area contributed by atoms with E-state index in [1.165, 1.54) is 44.9 Å². The summed E-state index contributed by atoms with van der Waals surface area (Å²) in [7, 11) is 1.68. The van der Waals surface area contributed by atoms with Gasteiger partial charge >= 0.3 is 11.9 Å². The van der Waals surface area contributed by atoms with Crippen LogP contribution in [0.5, 0.6) is 0 Å². The van der Waals surface area contributed by atoms with Crippen LogP contribution < -0.4 is 16.4 Å². The molecule has 0 saturated carbocycles. The lowest BCUT2D eigenvalue weighted by Crippen LogP contribution is -2.70. The quantitative estimate of drug-likeness (QED) is 0.113. The summed E-state index contributed by atoms with van der Waals surface area (Å²) in [5.74, 6) is -3.73. The first-order valence-electron chi connectivity index (χ1n) is 16.3. The van der Waals surface area contributed by atoms with Gasteiger partial charge in [0.15, 0.2) is 6.10 Å². The molecule has 3 aromatic rings. The summed E-state index contributed by atoms with van der Waals surface area (Å²) in [6.07, 6.45) is -1.42. The van der Waals surface area contributed by atoms with Gasteiger partial charge in [-0.05, 0) is 27.1 Å². The van der Waals surface area contributed by atoms with E-state index in [0.29, 0.717) is 33.4 Å². The molecule has 0 aliphatic carbocycles. The summed E-state index contributed by atoms with van der Waals surface area (Å²) < 4.78 is 1.48. The fourth-order valence-corrected chi connectivity index (χ4v) is 9.83. The van der Waals surface area contributed by atoms with Crippen LogP contribution in [0.1, 0.15) is 23.3 Å². The van der Waals surface area contributed by atoms with Gasteiger partial charge in [-0.2, -0.15) is 0 Å². The monoisotopic (exact) mass is 829 g/mol. The van der Waals surface area contributed by atoms with Crippen LogP contribution in [0.25, 0.3) is 0 Å². The van der Waals surface area contributed by atoms with E-state index in [-0.39, 0.29) is 22.2 Å². The second-order valence-corrected chi connectivity index (χ2v) is 15.8. The number of fused-ring (bicyclic) bond motifs is 2. The number of carboxylic acid groups (broad SMARTS) is 2. The Hall–Kier alpha value is -4.93. The van der Waals surface area contributed by atoms with Crippen molar-refractivity contribution in [3.8, 4) is 0 Å². The molecule has 7 rings (SSSR count). The number of carbonyl (C=O) groups excluding carboxylic acids is 4. The maximum Gasteiger partial charge on any atom is 0.353 e. The standard InChI is InChI=1S/C18H18N6O5S2.C15H14ClN3O4S/c1-23-18(20-21-22-23)31-8-10-7-30-16-11(15(27)24(16)12(10)17(28)29)19-14(26)13(25)9-5-3-2-4-6-9;16-8-6-24-14-10(13(21)19(14)11(8)15(22)23)18-12(20)9(17)7-4-2-1-3-5-7/h2-6,11,13,16,25H,7-8H2,1H3,(H,19,26)(H,28,29);1-5,9-10,14H,6,17H2,(H,18,20)(H,22,23)/t11-,13-,16-;9-,10-,14-/m11/s1. The molecule has 18 nitrogen and oxygen atoms in total. The van der Waals surface area contributed by atoms with Crippen molar-refractivity contribution >= 4 is 82.5 Å². The van der Waals surface area contributed by atoms with Gasteiger partial charge in [0.1, 0.15) is 40.3 Å². The Morgan fingerprint density at radius 2 is 1.40 bits per heavy atom. The molecular weight excluding hydrogens is 798 g/mol. The lowest BCUT2D eigenvalue weighted by molar-refractivity contribution is -0.151. The zero-order valence-electron chi connectivity index (χ0n) is 28.5. The number of aliphatic carboxylic acids is 2. The number of tetrazole rings is 1. The summed E-state index contributed by atoms with van der Waals surface area (Å²) in [6.45, 7) is 0. The second-order valence-electron chi connectivity index (χ2n) is 12.2. The highest BCUT2D eigenvalue weighted by Crippen LogP contribution is 2.43. The predicted molar refractivity (Wildman–Crippen MR) is 200 cm³/mol. The first-order chi connectivity index (χ1) is 26.3. The van der Waals surface area contributed by atoms with Gasteiger partial charge in [-0.25, -0.2) is 14.3 Å². The van der Waals surface area contributed by atoms with Gasteiger partial charge < -0.3 is 31.7 Å². The minimum absolute atomic E-state index is 0.0783. The van der Waals surface area contributed by atoms with Crippen molar-refractivity contribution < 1.29 is 44.1 Å². The third kappa shape index (κ3) is 8.07. The van der Waals surface area contributed by atoms with Crippen molar-refractivity contribution in [2.45, 2.75) is 40.1 Å². The van der Waals surface area contributed by atoms with Crippen LogP contribution in [0.2, 0.25) is 0 Å². The molecule has 22 heteroatoms. The molecule has 0 spiro atoms. The molecular formula is C33H32ClN9O9S3. The minimum atomic E-state index is -1.42. The average molecular weight is 830 g/mol. The number of aliphatic hydroxyl groups excluding tert-OH is 1. The maximum atomic E-state index is 12.7. The Labute approximate surface area is 329 Å². The van der Waals surface area contributed by atoms with Crippen molar-refractivity contribution in [1.82, 2.24) is 40.6 Å². The molecule has 55 heavy (non-hydrogen) atoms. The Balaban J connectivity index is 0.000000193. The van der Waals surface area contributed by atoms with Gasteiger partial charge in [-0.15, -0.1) is 28.6 Å². The lowest BCUT2D eigenvalue weighted by Gasteiger charge is -2.49. The number of aliphatic hydroxyl groups is 1.